The molecule has 3 atom stereocenters. The van der Waals surface area contributed by atoms with E-state index in [1.165, 1.54) is 6.92 Å². The fourth-order valence-electron chi connectivity index (χ4n) is 3.36. The molecule has 1 heterocycles. The minimum atomic E-state index is -3.20. The summed E-state index contributed by atoms with van der Waals surface area (Å²) in [5, 5.41) is 3.00. The van der Waals surface area contributed by atoms with E-state index in [4.69, 9.17) is 0 Å². The molecule has 1 aliphatic carbocycles. The Bertz CT molecular complexity index is 639. The number of anilines is 1. The van der Waals surface area contributed by atoms with E-state index < -0.39 is 10.0 Å². The van der Waals surface area contributed by atoms with Gasteiger partial charge in [0.05, 0.1) is 11.4 Å². The zero-order valence-corrected chi connectivity index (χ0v) is 12.8. The molecule has 2 N–H and O–H groups in total. The molecule has 3 unspecified atom stereocenters. The lowest BCUT2D eigenvalue weighted by Gasteiger charge is -2.27. The van der Waals surface area contributed by atoms with Crippen molar-refractivity contribution in [1.82, 2.24) is 4.72 Å². The van der Waals surface area contributed by atoms with Gasteiger partial charge in [0.25, 0.3) is 0 Å². The van der Waals surface area contributed by atoms with E-state index in [0.29, 0.717) is 5.56 Å². The van der Waals surface area contributed by atoms with Gasteiger partial charge in [-0.15, -0.1) is 0 Å². The van der Waals surface area contributed by atoms with Gasteiger partial charge in [0.15, 0.2) is 5.78 Å². The quantitative estimate of drug-likeness (QED) is 0.839. The molecular weight excluding hydrogens is 288 g/mol. The Balaban J connectivity index is 1.77. The second-order valence-electron chi connectivity index (χ2n) is 5.91. The number of rotatable bonds is 3. The third-order valence-electron chi connectivity index (χ3n) is 4.49. The van der Waals surface area contributed by atoms with Crippen LogP contribution >= 0.6 is 0 Å². The van der Waals surface area contributed by atoms with Gasteiger partial charge >= 0.3 is 0 Å². The molecule has 0 bridgehead atoms. The molecule has 0 radical (unpaired) electrons. The van der Waals surface area contributed by atoms with E-state index >= 15 is 0 Å². The van der Waals surface area contributed by atoms with Crippen LogP contribution in [-0.4, -0.2) is 25.6 Å². The summed E-state index contributed by atoms with van der Waals surface area (Å²) in [6.45, 7) is 1.53. The summed E-state index contributed by atoms with van der Waals surface area (Å²) in [4.78, 5) is 11.3. The lowest BCUT2D eigenvalue weighted by molar-refractivity contribution is 0.101. The summed E-state index contributed by atoms with van der Waals surface area (Å²) in [5.74, 6) is 0.145. The third kappa shape index (κ3) is 2.82. The Kier molecular flexibility index (Phi) is 3.75. The van der Waals surface area contributed by atoms with Gasteiger partial charge < -0.3 is 5.32 Å². The first-order valence-corrected chi connectivity index (χ1v) is 8.91. The van der Waals surface area contributed by atoms with Gasteiger partial charge in [0.1, 0.15) is 0 Å². The number of ketones is 1. The number of nitrogens with one attached hydrogen (secondary N) is 2. The summed E-state index contributed by atoms with van der Waals surface area (Å²) < 4.78 is 27.0. The van der Waals surface area contributed by atoms with Crippen molar-refractivity contribution >= 4 is 21.5 Å². The van der Waals surface area contributed by atoms with Crippen LogP contribution in [0.15, 0.2) is 24.3 Å². The summed E-state index contributed by atoms with van der Waals surface area (Å²) in [5.41, 5.74) is 1.49. The molecule has 3 rings (SSSR count). The van der Waals surface area contributed by atoms with E-state index in [-0.39, 0.29) is 23.1 Å². The van der Waals surface area contributed by atoms with Gasteiger partial charge in [0.2, 0.25) is 10.0 Å². The Hall–Kier alpha value is -1.40. The highest BCUT2D eigenvalue weighted by Crippen LogP contribution is 2.36. The minimum absolute atomic E-state index is 0.0236. The largest absolute Gasteiger partial charge is 0.369 e. The van der Waals surface area contributed by atoms with Crippen molar-refractivity contribution in [3.8, 4) is 0 Å². The molecule has 1 aromatic carbocycles. The van der Waals surface area contributed by atoms with Gasteiger partial charge in [0, 0.05) is 17.2 Å². The van der Waals surface area contributed by atoms with Gasteiger partial charge in [-0.05, 0) is 44.0 Å². The average molecular weight is 308 g/mol. The number of Topliss-reactive ketones (excluding diaryl/α,β-unsaturated/α-hetero) is 1. The number of carbonyl (C=O) groups is 1. The van der Waals surface area contributed by atoms with E-state index in [1.807, 2.05) is 12.1 Å². The number of hydrogen-bond donors (Lipinski definition) is 2. The molecule has 0 amide bonds. The number of sulfonamides is 1. The second-order valence-corrected chi connectivity index (χ2v) is 7.84. The average Bonchev–Trinajstić information content (AvgIpc) is 2.71. The Morgan fingerprint density at radius 2 is 1.86 bits per heavy atom. The molecule has 1 saturated heterocycles. The maximum Gasteiger partial charge on any atom is 0.216 e. The van der Waals surface area contributed by atoms with Gasteiger partial charge in [-0.2, -0.15) is 4.72 Å². The van der Waals surface area contributed by atoms with Gasteiger partial charge in [-0.3, -0.25) is 4.79 Å². The molecule has 114 valence electrons. The normalized spacial score (nSPS) is 30.6. The topological polar surface area (TPSA) is 75.3 Å². The van der Waals surface area contributed by atoms with Crippen LogP contribution in [-0.2, 0) is 10.0 Å². The molecule has 2 aliphatic rings. The van der Waals surface area contributed by atoms with Crippen LogP contribution in [0.25, 0.3) is 0 Å². The van der Waals surface area contributed by atoms with Crippen LogP contribution in [0.5, 0.6) is 0 Å². The van der Waals surface area contributed by atoms with Crippen molar-refractivity contribution < 1.29 is 13.2 Å². The first kappa shape index (κ1) is 14.5. The SMILES string of the molecule is CC(=O)c1ccc(NC2NS(=O)(=O)C3CCCCC23)cc1. The van der Waals surface area contributed by atoms with Crippen LogP contribution < -0.4 is 10.0 Å². The van der Waals surface area contributed by atoms with Crippen molar-refractivity contribution in [3.63, 3.8) is 0 Å². The van der Waals surface area contributed by atoms with Gasteiger partial charge in [-0.1, -0.05) is 12.8 Å². The van der Waals surface area contributed by atoms with Crippen LogP contribution in [0.4, 0.5) is 5.69 Å². The molecule has 1 saturated carbocycles. The predicted octanol–water partition coefficient (Wildman–Crippen LogP) is 2.12. The highest BCUT2D eigenvalue weighted by molar-refractivity contribution is 7.90. The Morgan fingerprint density at radius 3 is 2.52 bits per heavy atom. The van der Waals surface area contributed by atoms with E-state index in [0.717, 1.165) is 31.4 Å². The molecule has 6 heteroatoms. The van der Waals surface area contributed by atoms with Crippen LogP contribution in [0.1, 0.15) is 43.0 Å². The number of benzene rings is 1. The summed E-state index contributed by atoms with van der Waals surface area (Å²) in [6.07, 6.45) is 3.51. The summed E-state index contributed by atoms with van der Waals surface area (Å²) in [7, 11) is -3.20. The molecule has 1 aliphatic heterocycles. The van der Waals surface area contributed by atoms with Crippen LogP contribution in [0.2, 0.25) is 0 Å². The zero-order chi connectivity index (χ0) is 15.0. The smallest absolute Gasteiger partial charge is 0.216 e. The third-order valence-corrected chi connectivity index (χ3v) is 6.45. The lowest BCUT2D eigenvalue weighted by Crippen LogP contribution is -2.37. The fourth-order valence-corrected chi connectivity index (χ4v) is 5.35. The Morgan fingerprint density at radius 1 is 1.19 bits per heavy atom. The monoisotopic (exact) mass is 308 g/mol. The first-order chi connectivity index (χ1) is 9.97. The molecule has 0 spiro atoms. The number of hydrogen-bond acceptors (Lipinski definition) is 4. The Labute approximate surface area is 125 Å². The maximum absolute atomic E-state index is 12.1. The lowest BCUT2D eigenvalue weighted by atomic mass is 9.86. The second kappa shape index (κ2) is 5.42. The summed E-state index contributed by atoms with van der Waals surface area (Å²) >= 11 is 0. The van der Waals surface area contributed by atoms with Crippen molar-refractivity contribution in [2.24, 2.45) is 5.92 Å². The maximum atomic E-state index is 12.1. The molecule has 1 aromatic rings. The van der Waals surface area contributed by atoms with Crippen molar-refractivity contribution in [1.29, 1.82) is 0 Å². The van der Waals surface area contributed by atoms with Gasteiger partial charge in [-0.25, -0.2) is 8.42 Å². The number of carbonyl (C=O) groups excluding carboxylic acids is 1. The van der Waals surface area contributed by atoms with E-state index in [2.05, 4.69) is 10.0 Å². The van der Waals surface area contributed by atoms with E-state index in [1.54, 1.807) is 12.1 Å². The molecule has 21 heavy (non-hydrogen) atoms. The van der Waals surface area contributed by atoms with E-state index in [9.17, 15) is 13.2 Å². The van der Waals surface area contributed by atoms with Crippen LogP contribution in [0.3, 0.4) is 0 Å². The fraction of sp³-hybridized carbons (Fsp3) is 0.533. The predicted molar refractivity (Wildman–Crippen MR) is 81.7 cm³/mol. The molecule has 2 fully saturated rings. The molecular formula is C15H20N2O3S. The summed E-state index contributed by atoms with van der Waals surface area (Å²) in [6, 6.07) is 7.15. The van der Waals surface area contributed by atoms with Crippen molar-refractivity contribution in [2.75, 3.05) is 5.32 Å². The number of fused-ring (bicyclic) bond motifs is 1. The first-order valence-electron chi connectivity index (χ1n) is 7.36. The standard InChI is InChI=1S/C15H20N2O3S/c1-10(18)11-6-8-12(9-7-11)16-15-13-4-2-3-5-14(13)21(19,20)17-15/h6-9,13-17H,2-5H2,1H3. The van der Waals surface area contributed by atoms with Crippen molar-refractivity contribution in [3.05, 3.63) is 29.8 Å². The highest BCUT2D eigenvalue weighted by atomic mass is 32.2. The zero-order valence-electron chi connectivity index (χ0n) is 12.0. The highest BCUT2D eigenvalue weighted by Gasteiger charge is 2.47. The molecule has 5 nitrogen and oxygen atoms in total. The van der Waals surface area contributed by atoms with Crippen LogP contribution in [0, 0.1) is 5.92 Å². The molecule has 0 aromatic heterocycles. The minimum Gasteiger partial charge on any atom is -0.369 e. The van der Waals surface area contributed by atoms with Crippen molar-refractivity contribution in [2.45, 2.75) is 44.0 Å².